The first-order valence-corrected chi connectivity index (χ1v) is 7.00. The Labute approximate surface area is 112 Å². The van der Waals surface area contributed by atoms with Gasteiger partial charge in [-0.2, -0.15) is 0 Å². The fourth-order valence-electron chi connectivity index (χ4n) is 2.77. The molecule has 0 saturated carbocycles. The van der Waals surface area contributed by atoms with Crippen molar-refractivity contribution in [3.05, 3.63) is 12.7 Å². The maximum atomic E-state index is 11.3. The molecule has 1 rings (SSSR count). The summed E-state index contributed by atoms with van der Waals surface area (Å²) in [5, 5.41) is 2.71. The number of nitrogens with zero attached hydrogens (tertiary/aromatic N) is 1. The van der Waals surface area contributed by atoms with E-state index in [1.165, 1.54) is 0 Å². The molecule has 0 unspecified atom stereocenters. The van der Waals surface area contributed by atoms with E-state index in [-0.39, 0.29) is 5.91 Å². The summed E-state index contributed by atoms with van der Waals surface area (Å²) in [5.41, 5.74) is 0.315. The van der Waals surface area contributed by atoms with Gasteiger partial charge in [-0.15, -0.1) is 6.58 Å². The van der Waals surface area contributed by atoms with E-state index in [4.69, 9.17) is 0 Å². The van der Waals surface area contributed by atoms with Gasteiger partial charge < -0.3 is 10.2 Å². The van der Waals surface area contributed by atoms with Crippen molar-refractivity contribution in [2.75, 3.05) is 26.7 Å². The monoisotopic (exact) mass is 252 g/mol. The summed E-state index contributed by atoms with van der Waals surface area (Å²) in [4.78, 5) is 13.9. The summed E-state index contributed by atoms with van der Waals surface area (Å²) < 4.78 is 0. The van der Waals surface area contributed by atoms with E-state index < -0.39 is 0 Å². The Kier molecular flexibility index (Phi) is 5.86. The van der Waals surface area contributed by atoms with Crippen molar-refractivity contribution in [1.29, 1.82) is 0 Å². The Morgan fingerprint density at radius 2 is 2.06 bits per heavy atom. The van der Waals surface area contributed by atoms with Crippen molar-refractivity contribution in [2.24, 2.45) is 11.3 Å². The maximum absolute atomic E-state index is 11.3. The average molecular weight is 252 g/mol. The van der Waals surface area contributed by atoms with Crippen LogP contribution in [-0.2, 0) is 4.79 Å². The number of hydrogen-bond donors (Lipinski definition) is 1. The van der Waals surface area contributed by atoms with Crippen LogP contribution < -0.4 is 5.32 Å². The van der Waals surface area contributed by atoms with Crippen molar-refractivity contribution in [3.63, 3.8) is 0 Å². The Hall–Kier alpha value is -0.830. The number of carbonyl (C=O) groups excluding carboxylic acids is 1. The van der Waals surface area contributed by atoms with Gasteiger partial charge >= 0.3 is 0 Å². The topological polar surface area (TPSA) is 32.3 Å². The van der Waals surface area contributed by atoms with E-state index in [9.17, 15) is 4.79 Å². The molecule has 0 bridgehead atoms. The van der Waals surface area contributed by atoms with E-state index in [0.717, 1.165) is 38.9 Å². The molecule has 1 aliphatic heterocycles. The Morgan fingerprint density at radius 1 is 1.44 bits per heavy atom. The largest absolute Gasteiger partial charge is 0.359 e. The van der Waals surface area contributed by atoms with Gasteiger partial charge in [-0.3, -0.25) is 4.79 Å². The second-order valence-corrected chi connectivity index (χ2v) is 6.25. The lowest BCUT2D eigenvalue weighted by Crippen LogP contribution is -2.40. The molecule has 1 N–H and O–H groups in total. The molecule has 18 heavy (non-hydrogen) atoms. The van der Waals surface area contributed by atoms with Crippen LogP contribution in [0.2, 0.25) is 0 Å². The first-order chi connectivity index (χ1) is 8.46. The van der Waals surface area contributed by atoms with Gasteiger partial charge in [-0.1, -0.05) is 19.9 Å². The Balaban J connectivity index is 2.31. The van der Waals surface area contributed by atoms with Crippen LogP contribution in [0.15, 0.2) is 12.7 Å². The van der Waals surface area contributed by atoms with Crippen LogP contribution in [0, 0.1) is 11.3 Å². The molecule has 0 aromatic carbocycles. The summed E-state index contributed by atoms with van der Waals surface area (Å²) in [6.45, 7) is 11.8. The first kappa shape index (κ1) is 15.2. The third-order valence-corrected chi connectivity index (χ3v) is 3.81. The number of rotatable bonds is 6. The van der Waals surface area contributed by atoms with Gasteiger partial charge in [0.2, 0.25) is 5.91 Å². The van der Waals surface area contributed by atoms with E-state index in [1.54, 1.807) is 7.05 Å². The Morgan fingerprint density at radius 3 is 2.56 bits per heavy atom. The predicted octanol–water partition coefficient (Wildman–Crippen LogP) is 2.44. The van der Waals surface area contributed by atoms with Crippen molar-refractivity contribution < 1.29 is 4.79 Å². The highest BCUT2D eigenvalue weighted by molar-refractivity contribution is 5.75. The number of allylic oxidation sites excluding steroid dienone is 1. The van der Waals surface area contributed by atoms with E-state index >= 15 is 0 Å². The second-order valence-electron chi connectivity index (χ2n) is 6.25. The highest BCUT2D eigenvalue weighted by atomic mass is 16.1. The molecule has 0 radical (unpaired) electrons. The molecule has 3 nitrogen and oxygen atoms in total. The van der Waals surface area contributed by atoms with Gasteiger partial charge in [-0.05, 0) is 43.7 Å². The smallest absolute Gasteiger partial charge is 0.220 e. The van der Waals surface area contributed by atoms with Gasteiger partial charge in [0.05, 0.1) is 0 Å². The molecule has 0 aromatic heterocycles. The molecule has 0 spiro atoms. The molecule has 0 aliphatic carbocycles. The summed E-state index contributed by atoms with van der Waals surface area (Å²) >= 11 is 0. The zero-order valence-corrected chi connectivity index (χ0v) is 12.2. The number of likely N-dealkylation sites (tertiary alicyclic amines) is 1. The maximum Gasteiger partial charge on any atom is 0.220 e. The van der Waals surface area contributed by atoms with Gasteiger partial charge in [0, 0.05) is 20.0 Å². The van der Waals surface area contributed by atoms with E-state index in [2.05, 4.69) is 30.6 Å². The van der Waals surface area contributed by atoms with Crippen LogP contribution in [0.5, 0.6) is 0 Å². The van der Waals surface area contributed by atoms with Gasteiger partial charge in [-0.25, -0.2) is 0 Å². The molecule has 1 fully saturated rings. The first-order valence-electron chi connectivity index (χ1n) is 7.00. The van der Waals surface area contributed by atoms with Crippen LogP contribution in [0.3, 0.4) is 0 Å². The lowest BCUT2D eigenvalue weighted by molar-refractivity contribution is -0.121. The van der Waals surface area contributed by atoms with E-state index in [1.807, 2.05) is 6.08 Å². The van der Waals surface area contributed by atoms with Crippen LogP contribution in [0.25, 0.3) is 0 Å². The van der Waals surface area contributed by atoms with Crippen LogP contribution in [0.1, 0.15) is 39.5 Å². The fourth-order valence-corrected chi connectivity index (χ4v) is 2.77. The summed E-state index contributed by atoms with van der Waals surface area (Å²) in [7, 11) is 1.72. The average Bonchev–Trinajstić information content (AvgIpc) is 2.31. The zero-order chi connectivity index (χ0) is 13.6. The van der Waals surface area contributed by atoms with Crippen LogP contribution in [0.4, 0.5) is 0 Å². The van der Waals surface area contributed by atoms with Gasteiger partial charge in [0.1, 0.15) is 0 Å². The van der Waals surface area contributed by atoms with Crippen molar-refractivity contribution >= 4 is 5.91 Å². The quantitative estimate of drug-likeness (QED) is 0.736. The number of hydrogen-bond acceptors (Lipinski definition) is 2. The standard InChI is InChI=1S/C15H28N2O/c1-5-8-15(2,3)12-17-9-6-13(7-10-17)11-14(18)16-4/h5,13H,1,6-12H2,2-4H3,(H,16,18). The highest BCUT2D eigenvalue weighted by Crippen LogP contribution is 2.26. The van der Waals surface area contributed by atoms with Crippen LogP contribution in [-0.4, -0.2) is 37.5 Å². The summed E-state index contributed by atoms with van der Waals surface area (Å²) in [5.74, 6) is 0.754. The van der Waals surface area contributed by atoms with Crippen molar-refractivity contribution in [1.82, 2.24) is 10.2 Å². The molecule has 3 heteroatoms. The minimum absolute atomic E-state index is 0.181. The zero-order valence-electron chi connectivity index (χ0n) is 12.2. The van der Waals surface area contributed by atoms with Crippen LogP contribution >= 0.6 is 0 Å². The molecule has 0 atom stereocenters. The summed E-state index contributed by atoms with van der Waals surface area (Å²) in [6.07, 6.45) is 6.07. The van der Waals surface area contributed by atoms with Crippen molar-refractivity contribution in [2.45, 2.75) is 39.5 Å². The number of piperidine rings is 1. The molecule has 0 aromatic rings. The molecule has 1 aliphatic rings. The Bertz CT molecular complexity index is 278. The molecular weight excluding hydrogens is 224 g/mol. The fraction of sp³-hybridized carbons (Fsp3) is 0.800. The number of nitrogens with one attached hydrogen (secondary N) is 1. The molecule has 1 amide bonds. The minimum Gasteiger partial charge on any atom is -0.359 e. The molecule has 1 saturated heterocycles. The highest BCUT2D eigenvalue weighted by Gasteiger charge is 2.25. The molecule has 104 valence electrons. The predicted molar refractivity (Wildman–Crippen MR) is 76.4 cm³/mol. The molecule has 1 heterocycles. The lowest BCUT2D eigenvalue weighted by Gasteiger charge is -2.37. The van der Waals surface area contributed by atoms with Crippen molar-refractivity contribution in [3.8, 4) is 0 Å². The third-order valence-electron chi connectivity index (χ3n) is 3.81. The van der Waals surface area contributed by atoms with E-state index in [0.29, 0.717) is 17.8 Å². The third kappa shape index (κ3) is 5.21. The SMILES string of the molecule is C=CCC(C)(C)CN1CCC(CC(=O)NC)CC1. The summed E-state index contributed by atoms with van der Waals surface area (Å²) in [6, 6.07) is 0. The van der Waals surface area contributed by atoms with Gasteiger partial charge in [0.25, 0.3) is 0 Å². The van der Waals surface area contributed by atoms with Gasteiger partial charge in [0.15, 0.2) is 0 Å². The minimum atomic E-state index is 0.181. The normalized spacial score (nSPS) is 18.6. The molecular formula is C15H28N2O. The lowest BCUT2D eigenvalue weighted by atomic mass is 9.86. The number of amides is 1. The second kappa shape index (κ2) is 6.93. The number of carbonyl (C=O) groups is 1.